The van der Waals surface area contributed by atoms with Crippen molar-refractivity contribution in [2.75, 3.05) is 19.8 Å². The van der Waals surface area contributed by atoms with E-state index in [1.807, 2.05) is 0 Å². The molecule has 1 aromatic heterocycles. The Morgan fingerprint density at radius 3 is 2.94 bits per heavy atom. The van der Waals surface area contributed by atoms with Crippen LogP contribution in [0.25, 0.3) is 0 Å². The van der Waals surface area contributed by atoms with E-state index in [1.165, 1.54) is 6.20 Å². The fraction of sp³-hybridized carbons (Fsp3) is 0.500. The van der Waals surface area contributed by atoms with Gasteiger partial charge in [0.15, 0.2) is 0 Å². The average molecular weight is 241 g/mol. The molecule has 88 valence electrons. The van der Waals surface area contributed by atoms with E-state index in [-0.39, 0.29) is 4.99 Å². The Hall–Kier alpha value is -1.27. The summed E-state index contributed by atoms with van der Waals surface area (Å²) in [5.74, 6) is 0.357. The summed E-state index contributed by atoms with van der Waals surface area (Å²) in [6, 6.07) is 1.68. The van der Waals surface area contributed by atoms with E-state index in [1.54, 1.807) is 6.07 Å². The molecule has 5 nitrogen and oxygen atoms in total. The molecule has 2 N–H and O–H groups in total. The fourth-order valence-electron chi connectivity index (χ4n) is 1.06. The van der Waals surface area contributed by atoms with E-state index in [0.29, 0.717) is 24.7 Å². The number of thiocarbonyl (C=S) groups is 1. The molecule has 0 atom stereocenters. The van der Waals surface area contributed by atoms with Crippen LogP contribution in [0.5, 0.6) is 5.88 Å². The number of ether oxygens (including phenoxy) is 2. The minimum atomic E-state index is 0.249. The summed E-state index contributed by atoms with van der Waals surface area (Å²) in [6.07, 6.45) is 2.51. The predicted octanol–water partition coefficient (Wildman–Crippen LogP) is 0.916. The molecule has 16 heavy (non-hydrogen) atoms. The van der Waals surface area contributed by atoms with Gasteiger partial charge in [-0.3, -0.25) is 0 Å². The molecule has 1 aromatic rings. The first-order valence-corrected chi connectivity index (χ1v) is 5.48. The third-order valence-corrected chi connectivity index (χ3v) is 1.99. The Morgan fingerprint density at radius 1 is 1.44 bits per heavy atom. The number of nitrogens with zero attached hydrogens (tertiary/aromatic N) is 2. The van der Waals surface area contributed by atoms with Gasteiger partial charge in [-0.25, -0.2) is 0 Å². The van der Waals surface area contributed by atoms with E-state index in [0.717, 1.165) is 13.0 Å². The first-order chi connectivity index (χ1) is 7.75. The van der Waals surface area contributed by atoms with Gasteiger partial charge in [-0.2, -0.15) is 5.10 Å². The molecule has 0 aromatic carbocycles. The number of hydrogen-bond acceptors (Lipinski definition) is 5. The van der Waals surface area contributed by atoms with Crippen LogP contribution in [0.15, 0.2) is 12.3 Å². The molecule has 0 saturated heterocycles. The Morgan fingerprint density at radius 2 is 2.25 bits per heavy atom. The van der Waals surface area contributed by atoms with Crippen molar-refractivity contribution >= 4 is 17.2 Å². The maximum atomic E-state index is 5.52. The maximum absolute atomic E-state index is 5.52. The summed E-state index contributed by atoms with van der Waals surface area (Å²) in [5.41, 5.74) is 6.12. The average Bonchev–Trinajstić information content (AvgIpc) is 2.29. The molecule has 0 radical (unpaired) electrons. The Labute approximate surface area is 100.0 Å². The molecule has 0 amide bonds. The highest BCUT2D eigenvalue weighted by Gasteiger charge is 2.07. The van der Waals surface area contributed by atoms with Crippen molar-refractivity contribution in [1.82, 2.24) is 10.2 Å². The molecule has 0 aliphatic carbocycles. The Bertz CT molecular complexity index is 347. The van der Waals surface area contributed by atoms with Crippen molar-refractivity contribution in [1.29, 1.82) is 0 Å². The molecule has 0 spiro atoms. The van der Waals surface area contributed by atoms with Crippen LogP contribution in [-0.4, -0.2) is 35.0 Å². The van der Waals surface area contributed by atoms with Gasteiger partial charge in [0, 0.05) is 6.61 Å². The van der Waals surface area contributed by atoms with E-state index in [4.69, 9.17) is 27.4 Å². The highest BCUT2D eigenvalue weighted by atomic mass is 32.1. The second-order valence-electron chi connectivity index (χ2n) is 3.08. The highest BCUT2D eigenvalue weighted by molar-refractivity contribution is 7.80. The first kappa shape index (κ1) is 12.8. The van der Waals surface area contributed by atoms with Crippen molar-refractivity contribution in [2.24, 2.45) is 5.73 Å². The van der Waals surface area contributed by atoms with Gasteiger partial charge < -0.3 is 15.2 Å². The van der Waals surface area contributed by atoms with Crippen LogP contribution in [0.4, 0.5) is 0 Å². The minimum absolute atomic E-state index is 0.249. The van der Waals surface area contributed by atoms with Crippen LogP contribution in [0, 0.1) is 0 Å². The Balaban J connectivity index is 2.44. The monoisotopic (exact) mass is 241 g/mol. The predicted molar refractivity (Wildman–Crippen MR) is 64.5 cm³/mol. The summed E-state index contributed by atoms with van der Waals surface area (Å²) >= 11 is 4.87. The molecule has 1 heterocycles. The number of aromatic nitrogens is 2. The van der Waals surface area contributed by atoms with Crippen LogP contribution in [0.3, 0.4) is 0 Å². The molecule has 1 rings (SSSR count). The van der Waals surface area contributed by atoms with Crippen LogP contribution in [0.1, 0.15) is 18.9 Å². The summed E-state index contributed by atoms with van der Waals surface area (Å²) in [4.78, 5) is 0.249. The molecule has 0 fully saturated rings. The fourth-order valence-corrected chi connectivity index (χ4v) is 1.21. The number of hydrogen-bond donors (Lipinski definition) is 1. The maximum Gasteiger partial charge on any atom is 0.243 e. The molecule has 0 bridgehead atoms. The second kappa shape index (κ2) is 7.08. The zero-order chi connectivity index (χ0) is 11.8. The topological polar surface area (TPSA) is 70.3 Å². The third-order valence-electron chi connectivity index (χ3n) is 1.77. The summed E-state index contributed by atoms with van der Waals surface area (Å²) < 4.78 is 10.6. The normalized spacial score (nSPS) is 10.1. The van der Waals surface area contributed by atoms with Crippen molar-refractivity contribution < 1.29 is 9.47 Å². The molecule has 0 aliphatic heterocycles. The quantitative estimate of drug-likeness (QED) is 0.565. The lowest BCUT2D eigenvalue weighted by atomic mass is 10.3. The van der Waals surface area contributed by atoms with Gasteiger partial charge in [0.25, 0.3) is 0 Å². The summed E-state index contributed by atoms with van der Waals surface area (Å²) in [5, 5.41) is 7.53. The molecular weight excluding hydrogens is 226 g/mol. The van der Waals surface area contributed by atoms with E-state index in [2.05, 4.69) is 17.1 Å². The molecular formula is C10H15N3O2S. The Kier molecular flexibility index (Phi) is 5.66. The second-order valence-corrected chi connectivity index (χ2v) is 3.51. The summed E-state index contributed by atoms with van der Waals surface area (Å²) in [6.45, 7) is 3.70. The van der Waals surface area contributed by atoms with Gasteiger partial charge in [-0.15, -0.1) is 5.10 Å². The largest absolute Gasteiger partial charge is 0.474 e. The lowest BCUT2D eigenvalue weighted by Gasteiger charge is -2.08. The van der Waals surface area contributed by atoms with Gasteiger partial charge >= 0.3 is 0 Å². The van der Waals surface area contributed by atoms with E-state index in [9.17, 15) is 0 Å². The van der Waals surface area contributed by atoms with Crippen molar-refractivity contribution in [3.8, 4) is 5.88 Å². The zero-order valence-electron chi connectivity index (χ0n) is 9.18. The molecule has 0 saturated carbocycles. The van der Waals surface area contributed by atoms with E-state index >= 15 is 0 Å². The zero-order valence-corrected chi connectivity index (χ0v) is 10.00. The molecule has 0 aliphatic rings. The third kappa shape index (κ3) is 4.08. The van der Waals surface area contributed by atoms with Crippen molar-refractivity contribution in [2.45, 2.75) is 13.3 Å². The van der Waals surface area contributed by atoms with E-state index < -0.39 is 0 Å². The smallest absolute Gasteiger partial charge is 0.243 e. The lowest BCUT2D eigenvalue weighted by molar-refractivity contribution is 0.0986. The van der Waals surface area contributed by atoms with Gasteiger partial charge in [0.1, 0.15) is 11.6 Å². The van der Waals surface area contributed by atoms with Crippen molar-refractivity contribution in [3.05, 3.63) is 17.8 Å². The summed E-state index contributed by atoms with van der Waals surface area (Å²) in [7, 11) is 0. The van der Waals surface area contributed by atoms with Gasteiger partial charge in [-0.05, 0) is 12.5 Å². The number of nitrogens with two attached hydrogens (primary N) is 1. The van der Waals surface area contributed by atoms with Gasteiger partial charge in [0.05, 0.1) is 18.4 Å². The first-order valence-electron chi connectivity index (χ1n) is 5.07. The number of rotatable bonds is 7. The van der Waals surface area contributed by atoms with Crippen molar-refractivity contribution in [3.63, 3.8) is 0 Å². The van der Waals surface area contributed by atoms with Crippen LogP contribution in [0.2, 0.25) is 0 Å². The van der Waals surface area contributed by atoms with Gasteiger partial charge in [0.2, 0.25) is 5.88 Å². The lowest BCUT2D eigenvalue weighted by Crippen LogP contribution is -2.15. The SMILES string of the molecule is CCCOCCOc1nnccc1C(N)=S. The van der Waals surface area contributed by atoms with Crippen LogP contribution < -0.4 is 10.5 Å². The standard InChI is InChI=1S/C10H15N3O2S/c1-2-5-14-6-7-15-10-8(9(11)16)3-4-12-13-10/h3-4H,2,5-7H2,1H3,(H2,11,16). The van der Waals surface area contributed by atoms with Crippen LogP contribution >= 0.6 is 12.2 Å². The molecule has 0 unspecified atom stereocenters. The molecule has 6 heteroatoms. The van der Waals surface area contributed by atoms with Crippen LogP contribution in [-0.2, 0) is 4.74 Å². The highest BCUT2D eigenvalue weighted by Crippen LogP contribution is 2.12. The van der Waals surface area contributed by atoms with Gasteiger partial charge in [-0.1, -0.05) is 19.1 Å². The minimum Gasteiger partial charge on any atom is -0.474 e.